The summed E-state index contributed by atoms with van der Waals surface area (Å²) in [5.74, 6) is 1.70. The Balaban J connectivity index is 1.33. The number of rotatable bonds is 5. The van der Waals surface area contributed by atoms with Crippen LogP contribution in [0.4, 0.5) is 5.82 Å². The van der Waals surface area contributed by atoms with E-state index in [2.05, 4.69) is 14.9 Å². The molecule has 0 spiro atoms. The predicted molar refractivity (Wildman–Crippen MR) is 120 cm³/mol. The summed E-state index contributed by atoms with van der Waals surface area (Å²) in [5.41, 5.74) is 1.87. The number of aromatic nitrogens is 2. The lowest BCUT2D eigenvalue weighted by molar-refractivity contribution is -0.149. The SMILES string of the molecule is COC(=O)C1CCN(C(=O)C2CCN(c3cc(-c4ccc(OC)cc4)ncn3)CC2)CC1. The number of methoxy groups -OCH3 is 2. The highest BCUT2D eigenvalue weighted by Gasteiger charge is 2.33. The molecule has 8 heteroatoms. The number of likely N-dealkylation sites (tertiary alicyclic amines) is 1. The molecule has 3 heterocycles. The number of ether oxygens (including phenoxy) is 2. The van der Waals surface area contributed by atoms with Gasteiger partial charge in [0, 0.05) is 43.7 Å². The highest BCUT2D eigenvalue weighted by Crippen LogP contribution is 2.28. The van der Waals surface area contributed by atoms with E-state index in [4.69, 9.17) is 9.47 Å². The summed E-state index contributed by atoms with van der Waals surface area (Å²) in [6, 6.07) is 9.81. The van der Waals surface area contributed by atoms with Gasteiger partial charge in [0.2, 0.25) is 5.91 Å². The summed E-state index contributed by atoms with van der Waals surface area (Å²) in [6.45, 7) is 2.84. The van der Waals surface area contributed by atoms with Crippen molar-refractivity contribution < 1.29 is 19.1 Å². The molecule has 2 saturated heterocycles. The first-order valence-electron chi connectivity index (χ1n) is 11.2. The Hall–Kier alpha value is -3.16. The first kappa shape index (κ1) is 22.0. The zero-order valence-corrected chi connectivity index (χ0v) is 18.7. The van der Waals surface area contributed by atoms with Crippen molar-refractivity contribution in [2.24, 2.45) is 11.8 Å². The molecule has 2 aliphatic rings. The van der Waals surface area contributed by atoms with E-state index in [1.807, 2.05) is 35.2 Å². The number of esters is 1. The van der Waals surface area contributed by atoms with E-state index in [0.717, 1.165) is 48.8 Å². The molecule has 4 rings (SSSR count). The maximum Gasteiger partial charge on any atom is 0.308 e. The molecule has 0 saturated carbocycles. The standard InChI is InChI=1S/C24H30N4O4/c1-31-20-5-3-17(4-6-20)21-15-22(26-16-25-21)27-11-7-18(8-12-27)23(29)28-13-9-19(10-14-28)24(30)32-2/h3-6,15-16,18-19H,7-14H2,1-2H3. The van der Waals surface area contributed by atoms with Gasteiger partial charge in [0.15, 0.2) is 0 Å². The summed E-state index contributed by atoms with van der Waals surface area (Å²) >= 11 is 0. The van der Waals surface area contributed by atoms with Gasteiger partial charge in [0.05, 0.1) is 25.8 Å². The van der Waals surface area contributed by atoms with Crippen molar-refractivity contribution >= 4 is 17.7 Å². The van der Waals surface area contributed by atoms with Gasteiger partial charge in [-0.2, -0.15) is 0 Å². The van der Waals surface area contributed by atoms with Crippen LogP contribution in [0, 0.1) is 11.8 Å². The lowest BCUT2D eigenvalue weighted by atomic mass is 9.92. The second-order valence-electron chi connectivity index (χ2n) is 8.37. The van der Waals surface area contributed by atoms with Gasteiger partial charge in [-0.15, -0.1) is 0 Å². The Bertz CT molecular complexity index is 933. The van der Waals surface area contributed by atoms with Crippen molar-refractivity contribution in [1.82, 2.24) is 14.9 Å². The summed E-state index contributed by atoms with van der Waals surface area (Å²) < 4.78 is 10.1. The van der Waals surface area contributed by atoms with Crippen molar-refractivity contribution in [3.05, 3.63) is 36.7 Å². The lowest BCUT2D eigenvalue weighted by Crippen LogP contribution is -2.46. The van der Waals surface area contributed by atoms with Crippen molar-refractivity contribution in [3.8, 4) is 17.0 Å². The third kappa shape index (κ3) is 4.84. The number of piperidine rings is 2. The predicted octanol–water partition coefficient (Wildman–Crippen LogP) is 2.78. The van der Waals surface area contributed by atoms with Gasteiger partial charge in [-0.1, -0.05) is 0 Å². The number of nitrogens with zero attached hydrogens (tertiary/aromatic N) is 4. The molecule has 1 aromatic carbocycles. The van der Waals surface area contributed by atoms with Crippen LogP contribution in [0.3, 0.4) is 0 Å². The average molecular weight is 439 g/mol. The van der Waals surface area contributed by atoms with Crippen LogP contribution in [-0.4, -0.2) is 67.1 Å². The fraction of sp³-hybridized carbons (Fsp3) is 0.500. The molecule has 0 N–H and O–H groups in total. The summed E-state index contributed by atoms with van der Waals surface area (Å²) in [7, 11) is 3.07. The fourth-order valence-electron chi connectivity index (χ4n) is 4.56. The van der Waals surface area contributed by atoms with Crippen molar-refractivity contribution in [1.29, 1.82) is 0 Å². The third-order valence-corrected chi connectivity index (χ3v) is 6.55. The molecule has 0 radical (unpaired) electrons. The zero-order chi connectivity index (χ0) is 22.5. The Morgan fingerprint density at radius 1 is 0.906 bits per heavy atom. The number of hydrogen-bond donors (Lipinski definition) is 0. The van der Waals surface area contributed by atoms with Crippen LogP contribution in [0.5, 0.6) is 5.75 Å². The van der Waals surface area contributed by atoms with Crippen LogP contribution in [0.1, 0.15) is 25.7 Å². The van der Waals surface area contributed by atoms with Gasteiger partial charge in [-0.05, 0) is 49.9 Å². The van der Waals surface area contributed by atoms with Crippen LogP contribution in [-0.2, 0) is 14.3 Å². The maximum absolute atomic E-state index is 13.0. The minimum atomic E-state index is -0.163. The molecule has 0 unspecified atom stereocenters. The Morgan fingerprint density at radius 2 is 1.56 bits per heavy atom. The second-order valence-corrected chi connectivity index (χ2v) is 8.37. The molecule has 0 bridgehead atoms. The Morgan fingerprint density at radius 3 is 2.19 bits per heavy atom. The third-order valence-electron chi connectivity index (χ3n) is 6.55. The largest absolute Gasteiger partial charge is 0.497 e. The molecule has 1 aromatic heterocycles. The monoisotopic (exact) mass is 438 g/mol. The first-order chi connectivity index (χ1) is 15.6. The van der Waals surface area contributed by atoms with Gasteiger partial charge in [0.1, 0.15) is 17.9 Å². The second kappa shape index (κ2) is 9.97. The fourth-order valence-corrected chi connectivity index (χ4v) is 4.56. The molecule has 1 amide bonds. The first-order valence-corrected chi connectivity index (χ1v) is 11.2. The summed E-state index contributed by atoms with van der Waals surface area (Å²) in [5, 5.41) is 0. The number of carbonyl (C=O) groups is 2. The number of amides is 1. The molecule has 170 valence electrons. The van der Waals surface area contributed by atoms with Crippen LogP contribution in [0.2, 0.25) is 0 Å². The van der Waals surface area contributed by atoms with Gasteiger partial charge >= 0.3 is 5.97 Å². The average Bonchev–Trinajstić information content (AvgIpc) is 2.88. The lowest BCUT2D eigenvalue weighted by Gasteiger charge is -2.37. The van der Waals surface area contributed by atoms with Crippen molar-refractivity contribution in [2.75, 3.05) is 45.3 Å². The van der Waals surface area contributed by atoms with E-state index in [-0.39, 0.29) is 23.7 Å². The molecule has 0 atom stereocenters. The molecular weight excluding hydrogens is 408 g/mol. The molecule has 2 fully saturated rings. The van der Waals surface area contributed by atoms with E-state index in [9.17, 15) is 9.59 Å². The minimum absolute atomic E-state index is 0.0313. The van der Waals surface area contributed by atoms with Crippen LogP contribution in [0.15, 0.2) is 36.7 Å². The normalized spacial score (nSPS) is 17.8. The minimum Gasteiger partial charge on any atom is -0.497 e. The molecule has 2 aliphatic heterocycles. The van der Waals surface area contributed by atoms with Crippen LogP contribution in [0.25, 0.3) is 11.3 Å². The van der Waals surface area contributed by atoms with E-state index in [0.29, 0.717) is 25.9 Å². The summed E-state index contributed by atoms with van der Waals surface area (Å²) in [4.78, 5) is 37.7. The smallest absolute Gasteiger partial charge is 0.308 e. The highest BCUT2D eigenvalue weighted by atomic mass is 16.5. The van der Waals surface area contributed by atoms with Gasteiger partial charge in [-0.25, -0.2) is 9.97 Å². The van der Waals surface area contributed by atoms with Crippen molar-refractivity contribution in [3.63, 3.8) is 0 Å². The van der Waals surface area contributed by atoms with Gasteiger partial charge < -0.3 is 19.3 Å². The molecule has 32 heavy (non-hydrogen) atoms. The number of benzene rings is 1. The van der Waals surface area contributed by atoms with Crippen LogP contribution >= 0.6 is 0 Å². The Labute approximate surface area is 188 Å². The number of anilines is 1. The number of hydrogen-bond acceptors (Lipinski definition) is 7. The molecule has 2 aromatic rings. The molecular formula is C24H30N4O4. The zero-order valence-electron chi connectivity index (χ0n) is 18.7. The van der Waals surface area contributed by atoms with Crippen LogP contribution < -0.4 is 9.64 Å². The highest BCUT2D eigenvalue weighted by molar-refractivity contribution is 5.80. The molecule has 8 nitrogen and oxygen atoms in total. The van der Waals surface area contributed by atoms with E-state index < -0.39 is 0 Å². The van der Waals surface area contributed by atoms with Gasteiger partial charge in [0.25, 0.3) is 0 Å². The Kier molecular flexibility index (Phi) is 6.87. The quantitative estimate of drug-likeness (QED) is 0.664. The van der Waals surface area contributed by atoms with E-state index in [1.165, 1.54) is 7.11 Å². The molecule has 0 aliphatic carbocycles. The maximum atomic E-state index is 13.0. The van der Waals surface area contributed by atoms with Crippen molar-refractivity contribution in [2.45, 2.75) is 25.7 Å². The number of carbonyl (C=O) groups excluding carboxylic acids is 2. The van der Waals surface area contributed by atoms with E-state index >= 15 is 0 Å². The topological polar surface area (TPSA) is 84.9 Å². The van der Waals surface area contributed by atoms with E-state index in [1.54, 1.807) is 13.4 Å². The summed E-state index contributed by atoms with van der Waals surface area (Å²) in [6.07, 6.45) is 4.57. The van der Waals surface area contributed by atoms with Gasteiger partial charge in [-0.3, -0.25) is 9.59 Å².